The summed E-state index contributed by atoms with van der Waals surface area (Å²) in [6.45, 7) is 0.408. The summed E-state index contributed by atoms with van der Waals surface area (Å²) in [6.07, 6.45) is 7.34. The summed E-state index contributed by atoms with van der Waals surface area (Å²) in [6, 6.07) is 7.09. The highest BCUT2D eigenvalue weighted by Crippen LogP contribution is 2.26. The van der Waals surface area contributed by atoms with Crippen LogP contribution in [-0.4, -0.2) is 21.8 Å². The zero-order chi connectivity index (χ0) is 14.7. The fraction of sp³-hybridized carbons (Fsp3) is 0.375. The molecule has 5 nitrogen and oxygen atoms in total. The van der Waals surface area contributed by atoms with Crippen molar-refractivity contribution >= 4 is 5.91 Å². The van der Waals surface area contributed by atoms with E-state index in [4.69, 9.17) is 4.42 Å². The lowest BCUT2D eigenvalue weighted by molar-refractivity contribution is 0.0647. The molecule has 1 fully saturated rings. The topological polar surface area (TPSA) is 66.3 Å². The first-order valence-corrected chi connectivity index (χ1v) is 7.27. The molecule has 110 valence electrons. The van der Waals surface area contributed by atoms with Gasteiger partial charge in [-0.15, -0.1) is 0 Å². The Morgan fingerprint density at radius 2 is 2.10 bits per heavy atom. The van der Waals surface area contributed by atoms with Gasteiger partial charge in [0.05, 0.1) is 12.8 Å². The summed E-state index contributed by atoms with van der Waals surface area (Å²) < 4.78 is 5.36. The van der Waals surface area contributed by atoms with Gasteiger partial charge in [0.15, 0.2) is 0 Å². The number of nitrogens with zero attached hydrogens (tertiary/aromatic N) is 1. The average Bonchev–Trinajstić information content (AvgIpc) is 3.18. The maximum Gasteiger partial charge on any atom is 0.260 e. The van der Waals surface area contributed by atoms with E-state index in [1.54, 1.807) is 23.3 Å². The van der Waals surface area contributed by atoms with Crippen molar-refractivity contribution in [2.45, 2.75) is 38.3 Å². The lowest BCUT2D eigenvalue weighted by atomic mass is 10.1. The van der Waals surface area contributed by atoms with Gasteiger partial charge in [-0.25, -0.2) is 0 Å². The van der Waals surface area contributed by atoms with E-state index in [0.29, 0.717) is 6.54 Å². The normalized spacial score (nSPS) is 15.2. The highest BCUT2D eigenvalue weighted by molar-refractivity contribution is 5.94. The van der Waals surface area contributed by atoms with E-state index < -0.39 is 0 Å². The number of hydrogen-bond acceptors (Lipinski definition) is 3. The predicted molar refractivity (Wildman–Crippen MR) is 77.9 cm³/mol. The number of pyridine rings is 1. The molecule has 21 heavy (non-hydrogen) atoms. The summed E-state index contributed by atoms with van der Waals surface area (Å²) in [5, 5.41) is 0. The third-order valence-electron chi connectivity index (χ3n) is 3.98. The van der Waals surface area contributed by atoms with Gasteiger partial charge in [-0.1, -0.05) is 12.8 Å². The van der Waals surface area contributed by atoms with Gasteiger partial charge in [0, 0.05) is 12.2 Å². The molecular weight excluding hydrogens is 268 g/mol. The van der Waals surface area contributed by atoms with Gasteiger partial charge in [0.25, 0.3) is 11.5 Å². The van der Waals surface area contributed by atoms with Crippen LogP contribution in [0.25, 0.3) is 0 Å². The second-order valence-corrected chi connectivity index (χ2v) is 5.36. The Labute approximate surface area is 122 Å². The van der Waals surface area contributed by atoms with Gasteiger partial charge in [0.2, 0.25) is 0 Å². The minimum absolute atomic E-state index is 0.183. The van der Waals surface area contributed by atoms with Gasteiger partial charge < -0.3 is 14.3 Å². The summed E-state index contributed by atoms with van der Waals surface area (Å²) in [4.78, 5) is 28.9. The molecular formula is C16H18N2O3. The monoisotopic (exact) mass is 286 g/mol. The van der Waals surface area contributed by atoms with Gasteiger partial charge >= 0.3 is 0 Å². The van der Waals surface area contributed by atoms with Crippen LogP contribution >= 0.6 is 0 Å². The third kappa shape index (κ3) is 2.91. The molecule has 0 radical (unpaired) electrons. The molecule has 0 unspecified atom stereocenters. The molecule has 0 saturated heterocycles. The van der Waals surface area contributed by atoms with Crippen LogP contribution < -0.4 is 5.56 Å². The highest BCUT2D eigenvalue weighted by atomic mass is 16.3. The molecule has 2 aromatic rings. The quantitative estimate of drug-likeness (QED) is 0.939. The van der Waals surface area contributed by atoms with Crippen molar-refractivity contribution in [1.29, 1.82) is 0 Å². The second kappa shape index (κ2) is 5.99. The number of carbonyl (C=O) groups excluding carboxylic acids is 1. The number of H-pyrrole nitrogens is 1. The predicted octanol–water partition coefficient (Wildman–Crippen LogP) is 2.55. The van der Waals surface area contributed by atoms with Crippen molar-refractivity contribution in [1.82, 2.24) is 9.88 Å². The van der Waals surface area contributed by atoms with Crippen molar-refractivity contribution < 1.29 is 9.21 Å². The Hall–Kier alpha value is -2.30. The van der Waals surface area contributed by atoms with Crippen molar-refractivity contribution in [3.63, 3.8) is 0 Å². The minimum Gasteiger partial charge on any atom is -0.467 e. The number of carbonyl (C=O) groups is 1. The molecule has 2 aromatic heterocycles. The van der Waals surface area contributed by atoms with E-state index >= 15 is 0 Å². The number of rotatable bonds is 4. The Morgan fingerprint density at radius 1 is 1.29 bits per heavy atom. The Balaban J connectivity index is 1.89. The third-order valence-corrected chi connectivity index (χ3v) is 3.98. The first kappa shape index (κ1) is 13.7. The number of hydrogen-bond donors (Lipinski definition) is 1. The number of aromatic amines is 1. The molecule has 0 aromatic carbocycles. The average molecular weight is 286 g/mol. The van der Waals surface area contributed by atoms with E-state index in [1.165, 1.54) is 6.20 Å². The molecule has 5 heteroatoms. The van der Waals surface area contributed by atoms with Gasteiger partial charge in [-0.05, 0) is 37.1 Å². The second-order valence-electron chi connectivity index (χ2n) is 5.36. The molecule has 1 aliphatic carbocycles. The number of amides is 1. The van der Waals surface area contributed by atoms with Crippen molar-refractivity contribution in [2.24, 2.45) is 0 Å². The van der Waals surface area contributed by atoms with Crippen LogP contribution in [0.5, 0.6) is 0 Å². The fourth-order valence-corrected chi connectivity index (χ4v) is 2.90. The van der Waals surface area contributed by atoms with Crippen molar-refractivity contribution in [3.05, 3.63) is 58.4 Å². The lowest BCUT2D eigenvalue weighted by Gasteiger charge is -2.28. The van der Waals surface area contributed by atoms with Crippen LogP contribution in [0.1, 0.15) is 41.8 Å². The molecule has 3 rings (SSSR count). The van der Waals surface area contributed by atoms with Crippen LogP contribution in [0.3, 0.4) is 0 Å². The lowest BCUT2D eigenvalue weighted by Crippen LogP contribution is -2.40. The standard InChI is InChI=1S/C16H18N2O3/c19-15-14(8-3-9-17-15)16(20)18(12-5-1-2-6-12)11-13-7-4-10-21-13/h3-4,7-10,12H,1-2,5-6,11H2,(H,17,19). The number of aromatic nitrogens is 1. The Morgan fingerprint density at radius 3 is 2.76 bits per heavy atom. The minimum atomic E-state index is -0.343. The molecule has 1 N–H and O–H groups in total. The van der Waals surface area contributed by atoms with E-state index in [-0.39, 0.29) is 23.1 Å². The smallest absolute Gasteiger partial charge is 0.260 e. The zero-order valence-corrected chi connectivity index (χ0v) is 11.7. The van der Waals surface area contributed by atoms with E-state index in [9.17, 15) is 9.59 Å². The number of furan rings is 1. The molecule has 2 heterocycles. The van der Waals surface area contributed by atoms with Gasteiger partial charge in [-0.3, -0.25) is 9.59 Å². The van der Waals surface area contributed by atoms with Crippen LogP contribution in [0.4, 0.5) is 0 Å². The maximum atomic E-state index is 12.7. The van der Waals surface area contributed by atoms with Crippen molar-refractivity contribution in [2.75, 3.05) is 0 Å². The molecule has 0 aliphatic heterocycles. The molecule has 0 atom stereocenters. The highest BCUT2D eigenvalue weighted by Gasteiger charge is 2.29. The Bertz CT molecular complexity index is 654. The molecule has 1 aliphatic rings. The maximum absolute atomic E-state index is 12.7. The summed E-state index contributed by atoms with van der Waals surface area (Å²) >= 11 is 0. The van der Waals surface area contributed by atoms with E-state index in [2.05, 4.69) is 4.98 Å². The van der Waals surface area contributed by atoms with Gasteiger partial charge in [0.1, 0.15) is 11.3 Å². The molecule has 1 amide bonds. The molecule has 1 saturated carbocycles. The fourth-order valence-electron chi connectivity index (χ4n) is 2.90. The molecule has 0 spiro atoms. The van der Waals surface area contributed by atoms with Crippen molar-refractivity contribution in [3.8, 4) is 0 Å². The van der Waals surface area contributed by atoms with E-state index in [0.717, 1.165) is 31.4 Å². The van der Waals surface area contributed by atoms with Crippen LogP contribution in [0.2, 0.25) is 0 Å². The first-order chi connectivity index (χ1) is 10.3. The zero-order valence-electron chi connectivity index (χ0n) is 11.7. The molecule has 0 bridgehead atoms. The van der Waals surface area contributed by atoms with Crippen LogP contribution in [0.15, 0.2) is 45.9 Å². The summed E-state index contributed by atoms with van der Waals surface area (Å²) in [5.41, 5.74) is -0.152. The SMILES string of the molecule is O=C(c1ccc[nH]c1=O)N(Cc1ccco1)C1CCCC1. The van der Waals surface area contributed by atoms with Crippen LogP contribution in [0, 0.1) is 0 Å². The Kier molecular flexibility index (Phi) is 3.90. The van der Waals surface area contributed by atoms with Gasteiger partial charge in [-0.2, -0.15) is 0 Å². The first-order valence-electron chi connectivity index (χ1n) is 7.27. The summed E-state index contributed by atoms with van der Waals surface area (Å²) in [5.74, 6) is 0.516. The largest absolute Gasteiger partial charge is 0.467 e. The summed E-state index contributed by atoms with van der Waals surface area (Å²) in [7, 11) is 0. The van der Waals surface area contributed by atoms with E-state index in [1.807, 2.05) is 12.1 Å². The van der Waals surface area contributed by atoms with Crippen LogP contribution in [-0.2, 0) is 6.54 Å². The number of nitrogens with one attached hydrogen (secondary N) is 1.